The molecule has 14 rings (SSSR count). The van der Waals surface area contributed by atoms with E-state index in [9.17, 15) is 0 Å². The molecule has 3 saturated carbocycles. The Kier molecular flexibility index (Phi) is 39.0. The van der Waals surface area contributed by atoms with Crippen molar-refractivity contribution in [3.63, 3.8) is 0 Å². The first-order chi connectivity index (χ1) is 39.4. The maximum absolute atomic E-state index is 2.62. The van der Waals surface area contributed by atoms with Crippen molar-refractivity contribution < 1.29 is 31.4 Å². The number of piperidine rings is 3. The van der Waals surface area contributed by atoms with Gasteiger partial charge in [0.2, 0.25) is 0 Å². The van der Waals surface area contributed by atoms with Crippen LogP contribution in [0.15, 0.2) is 0 Å². The third kappa shape index (κ3) is 28.6. The number of rotatable bonds is 3. The largest absolute Gasteiger partial charge is 0.328 e. The lowest BCUT2D eigenvalue weighted by Gasteiger charge is -2.50. The Bertz CT molecular complexity index is 1490. The molecule has 9 heteroatoms. The van der Waals surface area contributed by atoms with Crippen LogP contribution in [0, 0.1) is 17.8 Å². The van der Waals surface area contributed by atoms with E-state index in [4.69, 9.17) is 0 Å². The van der Waals surface area contributed by atoms with Crippen LogP contribution in [-0.2, 0) is 0 Å². The van der Waals surface area contributed by atoms with Crippen LogP contribution >= 0.6 is 0 Å². The van der Waals surface area contributed by atoms with Gasteiger partial charge in [-0.2, -0.15) is 0 Å². The van der Waals surface area contributed by atoms with E-state index in [1.807, 2.05) is 0 Å². The average Bonchev–Trinajstić information content (AvgIpc) is 4.21. The quantitative estimate of drug-likeness (QED) is 0.260. The van der Waals surface area contributed by atoms with E-state index in [1.54, 1.807) is 0 Å². The van der Waals surface area contributed by atoms with Crippen molar-refractivity contribution in [3.8, 4) is 0 Å². The predicted octanol–water partition coefficient (Wildman–Crippen LogP) is 15.3. The minimum atomic E-state index is 1.01. The molecular formula is C74H162N9+7. The van der Waals surface area contributed by atoms with Gasteiger partial charge in [0.05, 0.1) is 186 Å². The van der Waals surface area contributed by atoms with Crippen LogP contribution in [0.2, 0.25) is 0 Å². The lowest BCUT2D eigenvalue weighted by Crippen LogP contribution is -2.59. The van der Waals surface area contributed by atoms with Gasteiger partial charge in [-0.3, -0.25) is 9.80 Å². The van der Waals surface area contributed by atoms with Gasteiger partial charge in [0.25, 0.3) is 0 Å². The molecular weight excluding hydrogens is 1010 g/mol. The fourth-order valence-electron chi connectivity index (χ4n) is 16.8. The molecule has 0 amide bonds. The van der Waals surface area contributed by atoms with E-state index in [0.717, 1.165) is 35.9 Å². The fourth-order valence-corrected chi connectivity index (χ4v) is 16.8. The van der Waals surface area contributed by atoms with Gasteiger partial charge in [-0.1, -0.05) is 100 Å². The maximum atomic E-state index is 2.62. The summed E-state index contributed by atoms with van der Waals surface area (Å²) < 4.78 is 9.33. The zero-order valence-electron chi connectivity index (χ0n) is 61.4. The second kappa shape index (κ2) is 41.1. The number of likely N-dealkylation sites (tertiary alicyclic amines) is 5. The Morgan fingerprint density at radius 2 is 0.614 bits per heavy atom. The van der Waals surface area contributed by atoms with Gasteiger partial charge in [0.1, 0.15) is 0 Å². The number of hydrogen-bond acceptors (Lipinski definition) is 2. The molecule has 496 valence electrons. The molecule has 11 saturated heterocycles. The summed E-state index contributed by atoms with van der Waals surface area (Å²) in [4.78, 5) is 5.23. The van der Waals surface area contributed by atoms with Crippen molar-refractivity contribution in [2.45, 2.75) is 261 Å². The van der Waals surface area contributed by atoms with Gasteiger partial charge in [-0.05, 0) is 117 Å². The van der Waals surface area contributed by atoms with Gasteiger partial charge in [-0.25, -0.2) is 0 Å². The van der Waals surface area contributed by atoms with E-state index >= 15 is 0 Å². The number of quaternary nitrogens is 7. The highest BCUT2D eigenvalue weighted by Crippen LogP contribution is 2.40. The Morgan fingerprint density at radius 3 is 0.940 bits per heavy atom. The molecule has 4 bridgehead atoms. The number of hydrogen-bond donors (Lipinski definition) is 0. The van der Waals surface area contributed by atoms with Crippen LogP contribution in [0.4, 0.5) is 0 Å². The topological polar surface area (TPSA) is 6.48 Å². The molecule has 0 aromatic heterocycles. The van der Waals surface area contributed by atoms with E-state index < -0.39 is 0 Å². The van der Waals surface area contributed by atoms with E-state index in [0.29, 0.717) is 0 Å². The lowest BCUT2D eigenvalue weighted by atomic mass is 9.77. The van der Waals surface area contributed by atoms with Crippen molar-refractivity contribution in [1.82, 2.24) is 9.80 Å². The minimum absolute atomic E-state index is 1.01. The third-order valence-corrected chi connectivity index (χ3v) is 23.1. The SMILES string of the molecule is CCC.CCC.CCC.CCC.CC[N+]1(C)CCC1.CC[N+]1(C)CCCC2CCCCC21.CC[N+]12CCCN(CC1)CC2.C[N+]1(C)CCC1.C[N+]1(C)CCCC2CCCCC21.C[N+]1(C)CCCC2CCCCC21.C[N+]12CCCN(CC1)CC2. The lowest BCUT2D eigenvalue weighted by molar-refractivity contribution is -0.944. The van der Waals surface area contributed by atoms with Crippen molar-refractivity contribution in [3.05, 3.63) is 0 Å². The van der Waals surface area contributed by atoms with Crippen molar-refractivity contribution in [2.24, 2.45) is 17.8 Å². The Labute approximate surface area is 525 Å². The molecule has 0 radical (unpaired) electrons. The predicted molar refractivity (Wildman–Crippen MR) is 370 cm³/mol. The molecule has 0 spiro atoms. The highest BCUT2D eigenvalue weighted by atomic mass is 15.4. The molecule has 83 heavy (non-hydrogen) atoms. The van der Waals surface area contributed by atoms with Gasteiger partial charge in [-0.15, -0.1) is 0 Å². The molecule has 0 N–H and O–H groups in total. The van der Waals surface area contributed by atoms with E-state index in [-0.39, 0.29) is 0 Å². The first-order valence-corrected chi connectivity index (χ1v) is 37.7. The Hall–Kier alpha value is -0.360. The van der Waals surface area contributed by atoms with Crippen LogP contribution < -0.4 is 0 Å². The van der Waals surface area contributed by atoms with Crippen LogP contribution in [0.25, 0.3) is 0 Å². The first-order valence-electron chi connectivity index (χ1n) is 37.7. The molecule has 14 fully saturated rings. The van der Waals surface area contributed by atoms with Crippen LogP contribution in [0.5, 0.6) is 0 Å². The summed E-state index contributed by atoms with van der Waals surface area (Å²) in [6, 6.07) is 3.03. The maximum Gasteiger partial charge on any atom is 0.0916 e. The normalized spacial score (nSPS) is 35.6. The molecule has 11 heterocycles. The van der Waals surface area contributed by atoms with Gasteiger partial charge < -0.3 is 31.4 Å². The zero-order chi connectivity index (χ0) is 62.1. The summed E-state index contributed by atoms with van der Waals surface area (Å²) in [7, 11) is 21.5. The van der Waals surface area contributed by atoms with Gasteiger partial charge in [0.15, 0.2) is 0 Å². The Morgan fingerprint density at radius 1 is 0.277 bits per heavy atom. The van der Waals surface area contributed by atoms with E-state index in [2.05, 4.69) is 149 Å². The van der Waals surface area contributed by atoms with Crippen LogP contribution in [0.1, 0.15) is 243 Å². The number of likely N-dealkylation sites (N-methyl/N-ethyl adjacent to an activating group) is 2. The molecule has 0 aromatic carbocycles. The summed E-state index contributed by atoms with van der Waals surface area (Å²) in [5, 5.41) is 0. The van der Waals surface area contributed by atoms with Crippen LogP contribution in [0.3, 0.4) is 0 Å². The standard InChI is InChI=1S/C12H24N.2C11H22N.C9H19N2.C8H17N2.C6H14N.C5H12N.4C3H8/c1-3-13(2)10-6-8-11-7-4-5-9-12(11)13;2*1-12(2)9-5-7-10-6-3-4-8-11(10)12;1-2-11-7-3-4-10(5-8-11)6-9-11;1-10-6-2-3-9(4-7-10)5-8-10;1-3-7(2)5-4-6-7;1-6(2)4-3-5-6;4*1-3-2/h11-12H,3-10H2,1-2H3;2*10-11H,3-9H2,1-2H3;2-9H2,1H3;2-8H2,1H3;3-6H2,1-2H3;3-5H2,1-2H3;4*3H2,1-2H3/q7*+1;;;;. The van der Waals surface area contributed by atoms with Gasteiger partial charge >= 0.3 is 0 Å². The smallest absolute Gasteiger partial charge is 0.0916 e. The van der Waals surface area contributed by atoms with E-state index in [1.165, 1.54) is 342 Å². The molecule has 0 aromatic rings. The van der Waals surface area contributed by atoms with Crippen molar-refractivity contribution in [1.29, 1.82) is 0 Å². The van der Waals surface area contributed by atoms with Crippen LogP contribution in [-0.4, -0.2) is 267 Å². The van der Waals surface area contributed by atoms with Crippen molar-refractivity contribution >= 4 is 0 Å². The molecule has 11 aliphatic heterocycles. The highest BCUT2D eigenvalue weighted by Gasteiger charge is 2.43. The Balaban J connectivity index is 0.000000323. The molecule has 14 aliphatic rings. The number of piperazine rings is 2. The van der Waals surface area contributed by atoms with Crippen molar-refractivity contribution in [2.75, 3.05) is 207 Å². The minimum Gasteiger partial charge on any atom is -0.328 e. The summed E-state index contributed by atoms with van der Waals surface area (Å²) >= 11 is 0. The summed E-state index contributed by atoms with van der Waals surface area (Å²) in [5.41, 5.74) is 0. The highest BCUT2D eigenvalue weighted by molar-refractivity contribution is 4.82. The number of fused-ring (bicyclic) bond motifs is 11. The zero-order valence-corrected chi connectivity index (χ0v) is 61.4. The molecule has 7 unspecified atom stereocenters. The first kappa shape index (κ1) is 78.7. The average molecular weight is 1180 g/mol. The van der Waals surface area contributed by atoms with Gasteiger partial charge in [0, 0.05) is 82.7 Å². The summed E-state index contributed by atoms with van der Waals surface area (Å²) in [6.45, 7) is 54.5. The summed E-state index contributed by atoms with van der Waals surface area (Å²) in [5.74, 6) is 3.22. The fraction of sp³-hybridized carbons (Fsp3) is 1.00. The molecule has 9 nitrogen and oxygen atoms in total. The second-order valence-corrected chi connectivity index (χ2v) is 32.1. The monoisotopic (exact) mass is 1180 g/mol. The molecule has 7 atom stereocenters. The third-order valence-electron chi connectivity index (χ3n) is 23.1. The summed E-state index contributed by atoms with van der Waals surface area (Å²) in [6.07, 6.45) is 37.8. The second-order valence-electron chi connectivity index (χ2n) is 32.1. The number of nitrogens with zero attached hydrogens (tertiary/aromatic N) is 9. The molecule has 3 aliphatic carbocycles.